The van der Waals surface area contributed by atoms with Gasteiger partial charge in [0.1, 0.15) is 0 Å². The third-order valence-corrected chi connectivity index (χ3v) is 4.47. The molecule has 0 spiro atoms. The SMILES string of the molecule is Cc1ccc(CC(Br)C(C)(C)C)c([N+](=O)[O-])c1. The van der Waals surface area contributed by atoms with Crippen LogP contribution in [-0.4, -0.2) is 9.75 Å². The molecule has 0 bridgehead atoms. The van der Waals surface area contributed by atoms with Crippen molar-refractivity contribution in [2.75, 3.05) is 0 Å². The Morgan fingerprint density at radius 2 is 2.00 bits per heavy atom. The monoisotopic (exact) mass is 299 g/mol. The van der Waals surface area contributed by atoms with Crippen LogP contribution in [0.5, 0.6) is 0 Å². The van der Waals surface area contributed by atoms with E-state index in [1.807, 2.05) is 19.1 Å². The first kappa shape index (κ1) is 14.2. The first-order valence-electron chi connectivity index (χ1n) is 5.60. The number of nitro benzene ring substituents is 1. The summed E-state index contributed by atoms with van der Waals surface area (Å²) in [6.07, 6.45) is 0.667. The summed E-state index contributed by atoms with van der Waals surface area (Å²) in [4.78, 5) is 10.9. The van der Waals surface area contributed by atoms with E-state index < -0.39 is 0 Å². The van der Waals surface area contributed by atoms with Gasteiger partial charge in [0, 0.05) is 16.5 Å². The van der Waals surface area contributed by atoms with E-state index in [1.54, 1.807) is 6.07 Å². The summed E-state index contributed by atoms with van der Waals surface area (Å²) in [5.41, 5.74) is 2.01. The molecule has 0 aromatic heterocycles. The van der Waals surface area contributed by atoms with Crippen LogP contribution in [0.25, 0.3) is 0 Å². The van der Waals surface area contributed by atoms with Gasteiger partial charge < -0.3 is 0 Å². The van der Waals surface area contributed by atoms with Gasteiger partial charge in [0.25, 0.3) is 5.69 Å². The van der Waals surface area contributed by atoms with Crippen molar-refractivity contribution in [3.63, 3.8) is 0 Å². The molecule has 0 heterocycles. The fourth-order valence-electron chi connectivity index (χ4n) is 1.52. The van der Waals surface area contributed by atoms with Crippen molar-refractivity contribution >= 4 is 21.6 Å². The summed E-state index contributed by atoms with van der Waals surface area (Å²) in [6.45, 7) is 8.22. The molecule has 1 aromatic rings. The van der Waals surface area contributed by atoms with Crippen molar-refractivity contribution in [3.8, 4) is 0 Å². The molecule has 0 saturated heterocycles. The van der Waals surface area contributed by atoms with Crippen LogP contribution in [0.4, 0.5) is 5.69 Å². The molecular weight excluding hydrogens is 282 g/mol. The zero-order valence-corrected chi connectivity index (χ0v) is 12.2. The van der Waals surface area contributed by atoms with Crippen LogP contribution in [0.15, 0.2) is 18.2 Å². The number of nitro groups is 1. The Hall–Kier alpha value is -0.900. The topological polar surface area (TPSA) is 43.1 Å². The van der Waals surface area contributed by atoms with Crippen LogP contribution < -0.4 is 0 Å². The predicted octanol–water partition coefficient (Wildman–Crippen LogP) is 4.26. The average molecular weight is 300 g/mol. The highest BCUT2D eigenvalue weighted by Crippen LogP contribution is 2.32. The van der Waals surface area contributed by atoms with E-state index in [0.717, 1.165) is 11.1 Å². The fraction of sp³-hybridized carbons (Fsp3) is 0.538. The second kappa shape index (κ2) is 5.17. The minimum absolute atomic E-state index is 0.0821. The van der Waals surface area contributed by atoms with Gasteiger partial charge in [0.05, 0.1) is 4.92 Å². The summed E-state index contributed by atoms with van der Waals surface area (Å²) in [7, 11) is 0. The van der Waals surface area contributed by atoms with E-state index >= 15 is 0 Å². The molecule has 1 rings (SSSR count). The third-order valence-electron chi connectivity index (χ3n) is 2.78. The number of benzene rings is 1. The van der Waals surface area contributed by atoms with Crippen molar-refractivity contribution in [2.24, 2.45) is 5.41 Å². The Morgan fingerprint density at radius 1 is 1.41 bits per heavy atom. The fourth-order valence-corrected chi connectivity index (χ4v) is 1.86. The minimum atomic E-state index is -0.301. The molecule has 0 aliphatic carbocycles. The Bertz CT molecular complexity index is 424. The molecule has 4 heteroatoms. The minimum Gasteiger partial charge on any atom is -0.258 e. The highest BCUT2D eigenvalue weighted by Gasteiger charge is 2.25. The number of hydrogen-bond donors (Lipinski definition) is 0. The van der Waals surface area contributed by atoms with Gasteiger partial charge in [-0.3, -0.25) is 10.1 Å². The van der Waals surface area contributed by atoms with E-state index in [4.69, 9.17) is 0 Å². The highest BCUT2D eigenvalue weighted by molar-refractivity contribution is 9.09. The van der Waals surface area contributed by atoms with Crippen LogP contribution in [0.2, 0.25) is 0 Å². The van der Waals surface area contributed by atoms with Gasteiger partial charge in [-0.1, -0.05) is 48.8 Å². The summed E-state index contributed by atoms with van der Waals surface area (Å²) >= 11 is 3.61. The van der Waals surface area contributed by atoms with E-state index in [0.29, 0.717) is 6.42 Å². The van der Waals surface area contributed by atoms with Crippen LogP contribution in [0, 0.1) is 22.5 Å². The molecule has 1 unspecified atom stereocenters. The number of hydrogen-bond acceptors (Lipinski definition) is 2. The molecule has 94 valence electrons. The highest BCUT2D eigenvalue weighted by atomic mass is 79.9. The molecule has 17 heavy (non-hydrogen) atoms. The number of halogens is 1. The normalized spacial score (nSPS) is 13.5. The first-order chi connectivity index (χ1) is 7.71. The maximum atomic E-state index is 11.0. The maximum absolute atomic E-state index is 11.0. The van der Waals surface area contributed by atoms with Crippen molar-refractivity contribution in [1.29, 1.82) is 0 Å². The lowest BCUT2D eigenvalue weighted by Gasteiger charge is -2.25. The molecule has 1 aromatic carbocycles. The first-order valence-corrected chi connectivity index (χ1v) is 6.51. The molecule has 0 aliphatic rings. The van der Waals surface area contributed by atoms with Gasteiger partial charge in [0.15, 0.2) is 0 Å². The van der Waals surface area contributed by atoms with E-state index in [1.165, 1.54) is 0 Å². The van der Waals surface area contributed by atoms with E-state index in [-0.39, 0.29) is 20.9 Å². The molecule has 0 saturated carbocycles. The lowest BCUT2D eigenvalue weighted by molar-refractivity contribution is -0.385. The summed E-state index contributed by atoms with van der Waals surface area (Å²) in [5, 5.41) is 11.0. The number of alkyl halides is 1. The zero-order valence-electron chi connectivity index (χ0n) is 10.7. The second-order valence-electron chi connectivity index (χ2n) is 5.43. The second-order valence-corrected chi connectivity index (χ2v) is 6.53. The van der Waals surface area contributed by atoms with E-state index in [9.17, 15) is 10.1 Å². The van der Waals surface area contributed by atoms with Gasteiger partial charge >= 0.3 is 0 Å². The molecule has 1 atom stereocenters. The molecule has 3 nitrogen and oxygen atoms in total. The third kappa shape index (κ3) is 3.80. The number of nitrogens with zero attached hydrogens (tertiary/aromatic N) is 1. The van der Waals surface area contributed by atoms with Crippen molar-refractivity contribution in [1.82, 2.24) is 0 Å². The largest absolute Gasteiger partial charge is 0.272 e. The molecule has 0 radical (unpaired) electrons. The van der Waals surface area contributed by atoms with Crippen LogP contribution in [0.1, 0.15) is 31.9 Å². The van der Waals surface area contributed by atoms with Gasteiger partial charge in [-0.25, -0.2) is 0 Å². The Balaban J connectivity index is 3.03. The average Bonchev–Trinajstić information content (AvgIpc) is 2.18. The zero-order chi connectivity index (χ0) is 13.2. The smallest absolute Gasteiger partial charge is 0.258 e. The van der Waals surface area contributed by atoms with Crippen molar-refractivity contribution < 1.29 is 4.92 Å². The van der Waals surface area contributed by atoms with Gasteiger partial charge in [-0.2, -0.15) is 0 Å². The molecule has 0 fully saturated rings. The Labute approximate surface area is 111 Å². The predicted molar refractivity (Wildman–Crippen MR) is 73.7 cm³/mol. The van der Waals surface area contributed by atoms with Crippen LogP contribution >= 0.6 is 15.9 Å². The number of aryl methyl sites for hydroxylation is 1. The summed E-state index contributed by atoms with van der Waals surface area (Å²) in [6, 6.07) is 5.41. The quantitative estimate of drug-likeness (QED) is 0.475. The van der Waals surface area contributed by atoms with Crippen molar-refractivity contribution in [3.05, 3.63) is 39.4 Å². The van der Waals surface area contributed by atoms with Crippen molar-refractivity contribution in [2.45, 2.75) is 38.9 Å². The standard InChI is InChI=1S/C13H18BrNO2/c1-9-5-6-10(11(7-9)15(16)17)8-12(14)13(2,3)4/h5-7,12H,8H2,1-4H3. The van der Waals surface area contributed by atoms with Gasteiger partial charge in [0.2, 0.25) is 0 Å². The lowest BCUT2D eigenvalue weighted by atomic mass is 9.88. The molecule has 0 amide bonds. The van der Waals surface area contributed by atoms with Gasteiger partial charge in [-0.05, 0) is 24.3 Å². The Morgan fingerprint density at radius 3 is 2.47 bits per heavy atom. The van der Waals surface area contributed by atoms with Gasteiger partial charge in [-0.15, -0.1) is 0 Å². The molecular formula is C13H18BrNO2. The molecule has 0 N–H and O–H groups in total. The molecule has 0 aliphatic heterocycles. The maximum Gasteiger partial charge on any atom is 0.272 e. The number of rotatable bonds is 3. The van der Waals surface area contributed by atoms with Crippen LogP contribution in [-0.2, 0) is 6.42 Å². The van der Waals surface area contributed by atoms with E-state index in [2.05, 4.69) is 36.7 Å². The lowest BCUT2D eigenvalue weighted by Crippen LogP contribution is -2.22. The summed E-state index contributed by atoms with van der Waals surface area (Å²) < 4.78 is 0. The Kier molecular flexibility index (Phi) is 4.31. The summed E-state index contributed by atoms with van der Waals surface area (Å²) in [5.74, 6) is 0. The van der Waals surface area contributed by atoms with Crippen LogP contribution in [0.3, 0.4) is 0 Å².